The lowest BCUT2D eigenvalue weighted by atomic mass is 9.93. The lowest BCUT2D eigenvalue weighted by Gasteiger charge is -2.38. The number of oxime groups is 1. The molecule has 3 N–H and O–H groups in total. The highest BCUT2D eigenvalue weighted by Crippen LogP contribution is 2.32. The SMILES string of the molecule is CC1CCN(c2nccc(/C(N)=N/O)c2Cl)C(C)C1. The van der Waals surface area contributed by atoms with Gasteiger partial charge in [-0.05, 0) is 31.7 Å². The Balaban J connectivity index is 2.35. The van der Waals surface area contributed by atoms with Crippen molar-refractivity contribution in [3.8, 4) is 0 Å². The molecule has 2 atom stereocenters. The van der Waals surface area contributed by atoms with Crippen LogP contribution < -0.4 is 10.6 Å². The predicted octanol–water partition coefficient (Wildman–Crippen LogP) is 2.45. The van der Waals surface area contributed by atoms with Gasteiger partial charge in [-0.2, -0.15) is 0 Å². The van der Waals surface area contributed by atoms with E-state index in [-0.39, 0.29) is 5.84 Å². The number of nitrogens with two attached hydrogens (primary N) is 1. The Morgan fingerprint density at radius 1 is 1.58 bits per heavy atom. The van der Waals surface area contributed by atoms with E-state index in [1.54, 1.807) is 12.3 Å². The summed E-state index contributed by atoms with van der Waals surface area (Å²) >= 11 is 6.34. The molecule has 1 aliphatic heterocycles. The minimum absolute atomic E-state index is 0.00619. The monoisotopic (exact) mass is 282 g/mol. The van der Waals surface area contributed by atoms with Gasteiger partial charge in [0.25, 0.3) is 0 Å². The third-order valence-electron chi connectivity index (χ3n) is 3.66. The number of rotatable bonds is 2. The van der Waals surface area contributed by atoms with Gasteiger partial charge in [0, 0.05) is 24.3 Å². The van der Waals surface area contributed by atoms with Crippen LogP contribution in [0.4, 0.5) is 5.82 Å². The van der Waals surface area contributed by atoms with Gasteiger partial charge in [0.1, 0.15) is 5.82 Å². The molecule has 0 bridgehead atoms. The molecule has 0 radical (unpaired) electrons. The summed E-state index contributed by atoms with van der Waals surface area (Å²) in [5.41, 5.74) is 6.13. The number of piperidine rings is 1. The summed E-state index contributed by atoms with van der Waals surface area (Å²) in [6.45, 7) is 5.36. The summed E-state index contributed by atoms with van der Waals surface area (Å²) in [6.07, 6.45) is 3.88. The van der Waals surface area contributed by atoms with Gasteiger partial charge in [0.2, 0.25) is 0 Å². The van der Waals surface area contributed by atoms with Gasteiger partial charge in [-0.3, -0.25) is 0 Å². The molecule has 1 aromatic rings. The highest BCUT2D eigenvalue weighted by Gasteiger charge is 2.26. The van der Waals surface area contributed by atoms with Gasteiger partial charge in [0.05, 0.1) is 5.02 Å². The summed E-state index contributed by atoms with van der Waals surface area (Å²) in [6, 6.07) is 2.04. The van der Waals surface area contributed by atoms with Gasteiger partial charge in [-0.25, -0.2) is 4.98 Å². The molecular formula is C13H19ClN4O. The van der Waals surface area contributed by atoms with Crippen LogP contribution in [0.2, 0.25) is 5.02 Å². The summed E-state index contributed by atoms with van der Waals surface area (Å²) in [4.78, 5) is 6.55. The predicted molar refractivity (Wildman–Crippen MR) is 77.0 cm³/mol. The van der Waals surface area contributed by atoms with Crippen LogP contribution in [0.3, 0.4) is 0 Å². The maximum Gasteiger partial charge on any atom is 0.171 e. The zero-order valence-corrected chi connectivity index (χ0v) is 11.9. The van der Waals surface area contributed by atoms with Crippen molar-refractivity contribution in [3.05, 3.63) is 22.8 Å². The molecule has 104 valence electrons. The number of halogens is 1. The molecule has 1 saturated heterocycles. The number of nitrogens with zero attached hydrogens (tertiary/aromatic N) is 3. The Hall–Kier alpha value is -1.49. The van der Waals surface area contributed by atoms with Crippen molar-refractivity contribution in [1.82, 2.24) is 4.98 Å². The topological polar surface area (TPSA) is 74.7 Å². The Morgan fingerprint density at radius 3 is 2.95 bits per heavy atom. The van der Waals surface area contributed by atoms with Crippen LogP contribution in [0, 0.1) is 5.92 Å². The molecule has 2 rings (SSSR count). The highest BCUT2D eigenvalue weighted by atomic mass is 35.5. The summed E-state index contributed by atoms with van der Waals surface area (Å²) in [7, 11) is 0. The van der Waals surface area contributed by atoms with Crippen molar-refractivity contribution < 1.29 is 5.21 Å². The second kappa shape index (κ2) is 5.65. The Labute approximate surface area is 118 Å². The average Bonchev–Trinajstić information content (AvgIpc) is 2.39. The standard InChI is InChI=1S/C13H19ClN4O/c1-8-4-6-18(9(2)7-8)13-11(14)10(3-5-16-13)12(15)17-19/h3,5,8-9,19H,4,6-7H2,1-2H3,(H2,15,17). The summed E-state index contributed by atoms with van der Waals surface area (Å²) in [5.74, 6) is 1.44. The largest absolute Gasteiger partial charge is 0.409 e. The fourth-order valence-corrected chi connectivity index (χ4v) is 2.92. The Morgan fingerprint density at radius 2 is 2.32 bits per heavy atom. The van der Waals surface area contributed by atoms with Gasteiger partial charge in [-0.1, -0.05) is 23.7 Å². The van der Waals surface area contributed by atoms with Crippen molar-refractivity contribution in [2.75, 3.05) is 11.4 Å². The Bertz CT molecular complexity index is 492. The van der Waals surface area contributed by atoms with Crippen LogP contribution in [0.5, 0.6) is 0 Å². The van der Waals surface area contributed by atoms with E-state index in [1.165, 1.54) is 0 Å². The maximum atomic E-state index is 8.77. The third-order valence-corrected chi connectivity index (χ3v) is 4.04. The number of hydrogen-bond acceptors (Lipinski definition) is 4. The Kier molecular flexibility index (Phi) is 4.14. The normalized spacial score (nSPS) is 24.6. The first-order valence-electron chi connectivity index (χ1n) is 6.43. The first-order chi connectivity index (χ1) is 9.04. The quantitative estimate of drug-likeness (QED) is 0.378. The zero-order valence-electron chi connectivity index (χ0n) is 11.2. The lowest BCUT2D eigenvalue weighted by Crippen LogP contribution is -2.41. The molecule has 6 heteroatoms. The fourth-order valence-electron chi connectivity index (χ4n) is 2.61. The number of pyridine rings is 1. The van der Waals surface area contributed by atoms with Gasteiger partial charge >= 0.3 is 0 Å². The van der Waals surface area contributed by atoms with E-state index in [9.17, 15) is 0 Å². The van der Waals surface area contributed by atoms with Crippen molar-refractivity contribution in [3.63, 3.8) is 0 Å². The second-order valence-electron chi connectivity index (χ2n) is 5.15. The molecule has 0 saturated carbocycles. The van der Waals surface area contributed by atoms with Crippen LogP contribution >= 0.6 is 11.6 Å². The first kappa shape index (κ1) is 13.9. The van der Waals surface area contributed by atoms with E-state index >= 15 is 0 Å². The second-order valence-corrected chi connectivity index (χ2v) is 5.53. The van der Waals surface area contributed by atoms with Gasteiger partial charge in [0.15, 0.2) is 5.84 Å². The molecule has 2 unspecified atom stereocenters. The minimum Gasteiger partial charge on any atom is -0.409 e. The number of amidine groups is 1. The van der Waals surface area contributed by atoms with Crippen LogP contribution in [-0.2, 0) is 0 Å². The number of hydrogen-bond donors (Lipinski definition) is 2. The molecule has 0 spiro atoms. The van der Waals surface area contributed by atoms with E-state index in [1.807, 2.05) is 0 Å². The van der Waals surface area contributed by atoms with Crippen LogP contribution in [-0.4, -0.2) is 28.6 Å². The van der Waals surface area contributed by atoms with E-state index in [0.717, 1.165) is 25.3 Å². The third kappa shape index (κ3) is 2.76. The maximum absolute atomic E-state index is 8.77. The molecule has 19 heavy (non-hydrogen) atoms. The van der Waals surface area contributed by atoms with Crippen molar-refractivity contribution >= 4 is 23.3 Å². The molecule has 5 nitrogen and oxygen atoms in total. The van der Waals surface area contributed by atoms with Crippen molar-refractivity contribution in [2.45, 2.75) is 32.7 Å². The molecule has 1 aromatic heterocycles. The number of aromatic nitrogens is 1. The fraction of sp³-hybridized carbons (Fsp3) is 0.538. The highest BCUT2D eigenvalue weighted by molar-refractivity contribution is 6.36. The molecule has 0 aliphatic carbocycles. The molecule has 1 aliphatic rings. The van der Waals surface area contributed by atoms with E-state index < -0.39 is 0 Å². The van der Waals surface area contributed by atoms with Crippen LogP contribution in [0.1, 0.15) is 32.3 Å². The van der Waals surface area contributed by atoms with E-state index in [0.29, 0.717) is 22.4 Å². The smallest absolute Gasteiger partial charge is 0.171 e. The van der Waals surface area contributed by atoms with E-state index in [4.69, 9.17) is 22.5 Å². The lowest BCUT2D eigenvalue weighted by molar-refractivity contribution is 0.318. The van der Waals surface area contributed by atoms with Crippen LogP contribution in [0.25, 0.3) is 0 Å². The first-order valence-corrected chi connectivity index (χ1v) is 6.81. The average molecular weight is 283 g/mol. The molecule has 1 fully saturated rings. The summed E-state index contributed by atoms with van der Waals surface area (Å²) in [5, 5.41) is 12.2. The van der Waals surface area contributed by atoms with Gasteiger partial charge < -0.3 is 15.8 Å². The van der Waals surface area contributed by atoms with Crippen molar-refractivity contribution in [2.24, 2.45) is 16.8 Å². The van der Waals surface area contributed by atoms with E-state index in [2.05, 4.69) is 28.9 Å². The molecular weight excluding hydrogens is 264 g/mol. The number of anilines is 1. The zero-order chi connectivity index (χ0) is 14.0. The van der Waals surface area contributed by atoms with Crippen LogP contribution in [0.15, 0.2) is 17.4 Å². The molecule has 0 amide bonds. The van der Waals surface area contributed by atoms with Gasteiger partial charge in [-0.15, -0.1) is 0 Å². The minimum atomic E-state index is 0.00619. The molecule has 0 aromatic carbocycles. The van der Waals surface area contributed by atoms with Crippen molar-refractivity contribution in [1.29, 1.82) is 0 Å². The summed E-state index contributed by atoms with van der Waals surface area (Å²) < 4.78 is 0. The molecule has 2 heterocycles.